The first-order valence-corrected chi connectivity index (χ1v) is 10.8. The van der Waals surface area contributed by atoms with Crippen LogP contribution in [0.5, 0.6) is 5.75 Å². The Morgan fingerprint density at radius 2 is 1.78 bits per heavy atom. The summed E-state index contributed by atoms with van der Waals surface area (Å²) in [4.78, 5) is 17.9. The average Bonchev–Trinajstić information content (AvgIpc) is 2.78. The maximum absolute atomic E-state index is 11.2. The Morgan fingerprint density at radius 3 is 2.41 bits per heavy atom. The van der Waals surface area contributed by atoms with Gasteiger partial charge in [0.15, 0.2) is 5.96 Å². The van der Waals surface area contributed by atoms with E-state index in [2.05, 4.69) is 64.0 Å². The Morgan fingerprint density at radius 1 is 1.06 bits per heavy atom. The highest BCUT2D eigenvalue weighted by atomic mass is 127. The highest BCUT2D eigenvalue weighted by Gasteiger charge is 2.18. The Hall–Kier alpha value is -2.33. The fourth-order valence-electron chi connectivity index (χ4n) is 3.42. The number of halogens is 1. The lowest BCUT2D eigenvalue weighted by Gasteiger charge is -2.30. The van der Waals surface area contributed by atoms with Gasteiger partial charge in [-0.2, -0.15) is 0 Å². The summed E-state index contributed by atoms with van der Waals surface area (Å²) in [6.45, 7) is 9.65. The maximum Gasteiger partial charge on any atom is 0.221 e. The molecule has 0 fully saturated rings. The SMILES string of the molecule is CCN(CC)C(CNC(=NC)NCCOc1cccc(NC(C)=O)c1)c1ccccc1.I. The van der Waals surface area contributed by atoms with E-state index in [0.29, 0.717) is 18.9 Å². The van der Waals surface area contributed by atoms with Crippen LogP contribution in [-0.4, -0.2) is 56.6 Å². The minimum absolute atomic E-state index is 0. The van der Waals surface area contributed by atoms with Crippen LogP contribution >= 0.6 is 24.0 Å². The minimum Gasteiger partial charge on any atom is -0.492 e. The summed E-state index contributed by atoms with van der Waals surface area (Å²) in [5, 5.41) is 9.49. The molecule has 2 aromatic carbocycles. The summed E-state index contributed by atoms with van der Waals surface area (Å²) >= 11 is 0. The standard InChI is InChI=1S/C24H35N5O2.HI/c1-5-29(6-2)23(20-11-8-7-9-12-20)18-27-24(25-4)26-15-16-31-22-14-10-13-21(17-22)28-19(3)30;/h7-14,17,23H,5-6,15-16,18H2,1-4H3,(H,28,30)(H2,25,26,27);1H. The van der Waals surface area contributed by atoms with E-state index in [1.807, 2.05) is 30.3 Å². The number of carbonyl (C=O) groups is 1. The van der Waals surface area contributed by atoms with Crippen LogP contribution in [0.1, 0.15) is 32.4 Å². The second-order valence-corrected chi connectivity index (χ2v) is 7.09. The molecule has 32 heavy (non-hydrogen) atoms. The second kappa shape index (κ2) is 15.5. The van der Waals surface area contributed by atoms with Crippen molar-refractivity contribution >= 4 is 41.5 Å². The van der Waals surface area contributed by atoms with Crippen LogP contribution in [-0.2, 0) is 4.79 Å². The molecule has 0 aliphatic rings. The number of nitrogens with zero attached hydrogens (tertiary/aromatic N) is 2. The third kappa shape index (κ3) is 9.44. The summed E-state index contributed by atoms with van der Waals surface area (Å²) in [5.74, 6) is 1.34. The number of hydrogen-bond donors (Lipinski definition) is 3. The summed E-state index contributed by atoms with van der Waals surface area (Å²) in [6, 6.07) is 18.2. The molecule has 176 valence electrons. The first-order chi connectivity index (χ1) is 15.1. The van der Waals surface area contributed by atoms with Crippen LogP contribution in [0.3, 0.4) is 0 Å². The summed E-state index contributed by atoms with van der Waals surface area (Å²) in [6.07, 6.45) is 0. The molecule has 8 heteroatoms. The smallest absolute Gasteiger partial charge is 0.221 e. The normalized spacial score (nSPS) is 12.0. The number of anilines is 1. The van der Waals surface area contributed by atoms with Crippen LogP contribution in [0.2, 0.25) is 0 Å². The first-order valence-electron chi connectivity index (χ1n) is 10.8. The Labute approximate surface area is 209 Å². The molecule has 2 rings (SSSR count). The summed E-state index contributed by atoms with van der Waals surface area (Å²) in [5.41, 5.74) is 2.01. The van der Waals surface area contributed by atoms with Gasteiger partial charge in [0.2, 0.25) is 5.91 Å². The quantitative estimate of drug-likeness (QED) is 0.170. The maximum atomic E-state index is 11.2. The number of benzene rings is 2. The van der Waals surface area contributed by atoms with Crippen molar-refractivity contribution < 1.29 is 9.53 Å². The number of aliphatic imine (C=N–C) groups is 1. The Bertz CT molecular complexity index is 828. The zero-order valence-electron chi connectivity index (χ0n) is 19.4. The predicted molar refractivity (Wildman–Crippen MR) is 143 cm³/mol. The fraction of sp³-hybridized carbons (Fsp3) is 0.417. The molecule has 3 N–H and O–H groups in total. The van der Waals surface area contributed by atoms with Gasteiger partial charge < -0.3 is 20.7 Å². The number of rotatable bonds is 11. The van der Waals surface area contributed by atoms with Crippen LogP contribution in [0, 0.1) is 0 Å². The number of amides is 1. The molecule has 0 saturated heterocycles. The Kier molecular flexibility index (Phi) is 13.4. The Balaban J connectivity index is 0.00000512. The molecule has 0 aliphatic carbocycles. The molecular formula is C24H36IN5O2. The number of likely N-dealkylation sites (N-methyl/N-ethyl adjacent to an activating group) is 1. The van der Waals surface area contributed by atoms with E-state index in [-0.39, 0.29) is 35.9 Å². The molecule has 0 saturated carbocycles. The molecule has 7 nitrogen and oxygen atoms in total. The number of ether oxygens (including phenoxy) is 1. The molecule has 1 amide bonds. The van der Waals surface area contributed by atoms with E-state index in [9.17, 15) is 4.79 Å². The molecule has 0 radical (unpaired) electrons. The van der Waals surface area contributed by atoms with E-state index in [1.54, 1.807) is 7.05 Å². The van der Waals surface area contributed by atoms with Crippen molar-refractivity contribution in [3.05, 3.63) is 60.2 Å². The van der Waals surface area contributed by atoms with E-state index >= 15 is 0 Å². The van der Waals surface area contributed by atoms with E-state index < -0.39 is 0 Å². The van der Waals surface area contributed by atoms with Crippen LogP contribution < -0.4 is 20.7 Å². The molecule has 0 bridgehead atoms. The van der Waals surface area contributed by atoms with Gasteiger partial charge in [-0.15, -0.1) is 24.0 Å². The van der Waals surface area contributed by atoms with Gasteiger partial charge >= 0.3 is 0 Å². The van der Waals surface area contributed by atoms with E-state index in [0.717, 1.165) is 31.3 Å². The number of nitrogens with one attached hydrogen (secondary N) is 3. The largest absolute Gasteiger partial charge is 0.492 e. The van der Waals surface area contributed by atoms with Gasteiger partial charge in [0.1, 0.15) is 12.4 Å². The number of hydrogen-bond acceptors (Lipinski definition) is 4. The molecule has 0 aromatic heterocycles. The topological polar surface area (TPSA) is 78.0 Å². The highest BCUT2D eigenvalue weighted by molar-refractivity contribution is 14.0. The average molecular weight is 553 g/mol. The van der Waals surface area contributed by atoms with Crippen LogP contribution in [0.15, 0.2) is 59.6 Å². The monoisotopic (exact) mass is 553 g/mol. The summed E-state index contributed by atoms with van der Waals surface area (Å²) < 4.78 is 5.79. The van der Waals surface area contributed by atoms with Crippen molar-refractivity contribution in [1.29, 1.82) is 0 Å². The zero-order chi connectivity index (χ0) is 22.5. The number of guanidine groups is 1. The van der Waals surface area contributed by atoms with Crippen molar-refractivity contribution in [2.24, 2.45) is 4.99 Å². The van der Waals surface area contributed by atoms with Crippen molar-refractivity contribution in [2.45, 2.75) is 26.8 Å². The second-order valence-electron chi connectivity index (χ2n) is 7.09. The van der Waals surface area contributed by atoms with Crippen molar-refractivity contribution in [3.63, 3.8) is 0 Å². The van der Waals surface area contributed by atoms with Gasteiger partial charge in [-0.25, -0.2) is 0 Å². The molecular weight excluding hydrogens is 517 g/mol. The van der Waals surface area contributed by atoms with Crippen molar-refractivity contribution in [2.75, 3.05) is 45.2 Å². The van der Waals surface area contributed by atoms with Gasteiger partial charge in [0.25, 0.3) is 0 Å². The predicted octanol–water partition coefficient (Wildman–Crippen LogP) is 3.89. The van der Waals surface area contributed by atoms with Gasteiger partial charge in [0.05, 0.1) is 12.6 Å². The molecule has 1 atom stereocenters. The van der Waals surface area contributed by atoms with Gasteiger partial charge in [-0.05, 0) is 30.8 Å². The summed E-state index contributed by atoms with van der Waals surface area (Å²) in [7, 11) is 1.77. The molecule has 2 aromatic rings. The lowest BCUT2D eigenvalue weighted by Crippen LogP contribution is -2.44. The third-order valence-electron chi connectivity index (χ3n) is 4.94. The fourth-order valence-corrected chi connectivity index (χ4v) is 3.42. The molecule has 0 spiro atoms. The lowest BCUT2D eigenvalue weighted by molar-refractivity contribution is -0.114. The van der Waals surface area contributed by atoms with Gasteiger partial charge in [-0.3, -0.25) is 14.7 Å². The molecule has 0 aliphatic heterocycles. The van der Waals surface area contributed by atoms with Gasteiger partial charge in [-0.1, -0.05) is 50.2 Å². The van der Waals surface area contributed by atoms with Gasteiger partial charge in [0, 0.05) is 32.3 Å². The third-order valence-corrected chi connectivity index (χ3v) is 4.94. The van der Waals surface area contributed by atoms with Crippen molar-refractivity contribution in [3.8, 4) is 5.75 Å². The van der Waals surface area contributed by atoms with E-state index in [4.69, 9.17) is 4.74 Å². The minimum atomic E-state index is -0.104. The highest BCUT2D eigenvalue weighted by Crippen LogP contribution is 2.19. The lowest BCUT2D eigenvalue weighted by atomic mass is 10.1. The molecule has 1 unspecified atom stereocenters. The van der Waals surface area contributed by atoms with Crippen LogP contribution in [0.25, 0.3) is 0 Å². The zero-order valence-corrected chi connectivity index (χ0v) is 21.8. The molecule has 0 heterocycles. The van der Waals surface area contributed by atoms with Crippen LogP contribution in [0.4, 0.5) is 5.69 Å². The van der Waals surface area contributed by atoms with Crippen molar-refractivity contribution in [1.82, 2.24) is 15.5 Å². The number of carbonyl (C=O) groups excluding carboxylic acids is 1. The van der Waals surface area contributed by atoms with E-state index in [1.165, 1.54) is 12.5 Å². The first kappa shape index (κ1) is 27.7.